The first-order valence-corrected chi connectivity index (χ1v) is 11.0. The predicted molar refractivity (Wildman–Crippen MR) is 135 cm³/mol. The van der Waals surface area contributed by atoms with E-state index in [4.69, 9.17) is 4.99 Å². The third-order valence-corrected chi connectivity index (χ3v) is 5.53. The quantitative estimate of drug-likeness (QED) is 0.338. The summed E-state index contributed by atoms with van der Waals surface area (Å²) in [5, 5.41) is 3.39. The lowest BCUT2D eigenvalue weighted by atomic mass is 10.2. The molecule has 0 spiro atoms. The lowest BCUT2D eigenvalue weighted by Gasteiger charge is -2.36. The Labute approximate surface area is 198 Å². The first kappa shape index (κ1) is 24.7. The van der Waals surface area contributed by atoms with E-state index >= 15 is 0 Å². The van der Waals surface area contributed by atoms with Crippen LogP contribution in [0.25, 0.3) is 6.08 Å². The third-order valence-electron chi connectivity index (χ3n) is 5.53. The summed E-state index contributed by atoms with van der Waals surface area (Å²) in [6.07, 6.45) is 7.23. The molecule has 2 heterocycles. The molecule has 7 heteroatoms. The summed E-state index contributed by atoms with van der Waals surface area (Å²) in [6, 6.07) is 10.4. The van der Waals surface area contributed by atoms with Crippen LogP contribution in [0.3, 0.4) is 0 Å². The molecule has 0 atom stereocenters. The molecule has 30 heavy (non-hydrogen) atoms. The molecule has 2 saturated heterocycles. The Balaban J connectivity index is 0.00000320. The van der Waals surface area contributed by atoms with Crippen molar-refractivity contribution >= 4 is 41.9 Å². The van der Waals surface area contributed by atoms with Gasteiger partial charge in [0.15, 0.2) is 5.96 Å². The second kappa shape index (κ2) is 13.6. The van der Waals surface area contributed by atoms with Crippen LogP contribution in [0.1, 0.15) is 31.7 Å². The Morgan fingerprint density at radius 1 is 1.03 bits per heavy atom. The highest BCUT2D eigenvalue weighted by molar-refractivity contribution is 14.0. The molecule has 3 rings (SSSR count). The van der Waals surface area contributed by atoms with Crippen LogP contribution in [0.4, 0.5) is 0 Å². The molecule has 1 aromatic rings. The van der Waals surface area contributed by atoms with E-state index in [2.05, 4.69) is 58.5 Å². The summed E-state index contributed by atoms with van der Waals surface area (Å²) < 4.78 is 0. The molecule has 1 N–H and O–H groups in total. The zero-order valence-electron chi connectivity index (χ0n) is 18.1. The minimum atomic E-state index is 0. The number of halogens is 1. The van der Waals surface area contributed by atoms with E-state index in [1.807, 2.05) is 11.0 Å². The normalized spacial score (nSPS) is 18.0. The first-order chi connectivity index (χ1) is 14.3. The highest BCUT2D eigenvalue weighted by atomic mass is 127. The van der Waals surface area contributed by atoms with Gasteiger partial charge < -0.3 is 15.1 Å². The second-order valence-electron chi connectivity index (χ2n) is 7.67. The number of nitrogens with zero attached hydrogens (tertiary/aromatic N) is 4. The van der Waals surface area contributed by atoms with Crippen molar-refractivity contribution < 1.29 is 4.79 Å². The number of aliphatic imine (C=N–C) groups is 1. The van der Waals surface area contributed by atoms with E-state index in [9.17, 15) is 4.79 Å². The molecule has 0 saturated carbocycles. The van der Waals surface area contributed by atoms with Crippen LogP contribution < -0.4 is 5.32 Å². The van der Waals surface area contributed by atoms with Crippen LogP contribution in [-0.2, 0) is 4.79 Å². The number of rotatable bonds is 7. The van der Waals surface area contributed by atoms with Gasteiger partial charge in [0.2, 0.25) is 5.91 Å². The fraction of sp³-hybridized carbons (Fsp3) is 0.565. The van der Waals surface area contributed by atoms with E-state index in [0.29, 0.717) is 13.0 Å². The number of amides is 1. The average Bonchev–Trinajstić information content (AvgIpc) is 3.29. The number of carbonyl (C=O) groups excluding carboxylic acids is 1. The molecule has 0 unspecified atom stereocenters. The van der Waals surface area contributed by atoms with Gasteiger partial charge in [-0.15, -0.1) is 24.0 Å². The minimum Gasteiger partial charge on any atom is -0.357 e. The van der Waals surface area contributed by atoms with Crippen LogP contribution in [0.5, 0.6) is 0 Å². The largest absolute Gasteiger partial charge is 0.357 e. The predicted octanol–water partition coefficient (Wildman–Crippen LogP) is 2.91. The number of piperazine rings is 1. The molecule has 0 radical (unpaired) electrons. The maximum atomic E-state index is 12.2. The van der Waals surface area contributed by atoms with Crippen LogP contribution in [-0.4, -0.2) is 85.5 Å². The summed E-state index contributed by atoms with van der Waals surface area (Å²) in [7, 11) is 0. The number of hydrogen-bond acceptors (Lipinski definition) is 3. The molecule has 0 bridgehead atoms. The van der Waals surface area contributed by atoms with Gasteiger partial charge in [0, 0.05) is 58.8 Å². The molecule has 0 aromatic heterocycles. The van der Waals surface area contributed by atoms with Gasteiger partial charge in [0.05, 0.1) is 6.54 Å². The topological polar surface area (TPSA) is 51.2 Å². The highest BCUT2D eigenvalue weighted by Gasteiger charge is 2.20. The summed E-state index contributed by atoms with van der Waals surface area (Å²) in [5.74, 6) is 1.19. The van der Waals surface area contributed by atoms with Crippen molar-refractivity contribution in [3.63, 3.8) is 0 Å². The van der Waals surface area contributed by atoms with E-state index in [0.717, 1.165) is 71.2 Å². The number of nitrogens with one attached hydrogen (secondary N) is 1. The summed E-state index contributed by atoms with van der Waals surface area (Å²) in [5.41, 5.74) is 1.25. The van der Waals surface area contributed by atoms with Gasteiger partial charge in [0.1, 0.15) is 0 Å². The molecule has 2 aliphatic rings. The zero-order chi connectivity index (χ0) is 20.3. The molecule has 2 fully saturated rings. The van der Waals surface area contributed by atoms with Gasteiger partial charge in [-0.3, -0.25) is 14.7 Å². The van der Waals surface area contributed by atoms with Gasteiger partial charge in [-0.25, -0.2) is 0 Å². The lowest BCUT2D eigenvalue weighted by molar-refractivity contribution is -0.129. The Hall–Kier alpha value is -1.61. The average molecular weight is 525 g/mol. The van der Waals surface area contributed by atoms with Crippen molar-refractivity contribution in [3.05, 3.63) is 42.0 Å². The maximum Gasteiger partial charge on any atom is 0.224 e. The third kappa shape index (κ3) is 7.91. The number of carbonyl (C=O) groups is 1. The Bertz CT molecular complexity index is 680. The van der Waals surface area contributed by atoms with Gasteiger partial charge in [0.25, 0.3) is 0 Å². The molecule has 1 aromatic carbocycles. The van der Waals surface area contributed by atoms with Gasteiger partial charge in [-0.2, -0.15) is 0 Å². The van der Waals surface area contributed by atoms with Crippen molar-refractivity contribution in [2.75, 3.05) is 58.9 Å². The number of hydrogen-bond donors (Lipinski definition) is 1. The van der Waals surface area contributed by atoms with Crippen LogP contribution in [0, 0.1) is 0 Å². The van der Waals surface area contributed by atoms with Crippen molar-refractivity contribution in [1.82, 2.24) is 20.0 Å². The molecule has 2 aliphatic heterocycles. The van der Waals surface area contributed by atoms with Crippen molar-refractivity contribution in [1.29, 1.82) is 0 Å². The van der Waals surface area contributed by atoms with Crippen molar-refractivity contribution in [2.24, 2.45) is 4.99 Å². The Morgan fingerprint density at radius 3 is 2.40 bits per heavy atom. The minimum absolute atomic E-state index is 0. The van der Waals surface area contributed by atoms with Gasteiger partial charge >= 0.3 is 0 Å². The summed E-state index contributed by atoms with van der Waals surface area (Å²) in [6.45, 7) is 10.3. The Morgan fingerprint density at radius 2 is 1.73 bits per heavy atom. The van der Waals surface area contributed by atoms with E-state index < -0.39 is 0 Å². The van der Waals surface area contributed by atoms with E-state index in [1.54, 1.807) is 0 Å². The van der Waals surface area contributed by atoms with E-state index in [1.165, 1.54) is 5.56 Å². The SMILES string of the molecule is CCNC(=NCCC(=O)N1CCCC1)N1CCN(C/C=C/c2ccccc2)CC1.I. The fourth-order valence-corrected chi connectivity index (χ4v) is 3.85. The smallest absolute Gasteiger partial charge is 0.224 e. The monoisotopic (exact) mass is 525 g/mol. The number of likely N-dealkylation sites (tertiary alicyclic amines) is 1. The summed E-state index contributed by atoms with van der Waals surface area (Å²) >= 11 is 0. The Kier molecular flexibility index (Phi) is 11.2. The van der Waals surface area contributed by atoms with Crippen LogP contribution in [0.2, 0.25) is 0 Å². The molecule has 6 nitrogen and oxygen atoms in total. The first-order valence-electron chi connectivity index (χ1n) is 11.0. The van der Waals surface area contributed by atoms with Gasteiger partial charge in [-0.05, 0) is 25.3 Å². The van der Waals surface area contributed by atoms with Crippen LogP contribution >= 0.6 is 24.0 Å². The molecule has 0 aliphatic carbocycles. The molecule has 166 valence electrons. The van der Waals surface area contributed by atoms with Crippen molar-refractivity contribution in [2.45, 2.75) is 26.2 Å². The number of guanidine groups is 1. The highest BCUT2D eigenvalue weighted by Crippen LogP contribution is 2.09. The zero-order valence-corrected chi connectivity index (χ0v) is 20.5. The summed E-state index contributed by atoms with van der Waals surface area (Å²) in [4.78, 5) is 23.7. The lowest BCUT2D eigenvalue weighted by Crippen LogP contribution is -2.52. The second-order valence-corrected chi connectivity index (χ2v) is 7.67. The van der Waals surface area contributed by atoms with Gasteiger partial charge in [-0.1, -0.05) is 42.5 Å². The molecular formula is C23H36IN5O. The standard InChI is InChI=1S/C23H35N5O.HI/c1-2-24-23(25-13-12-22(29)27-15-6-7-16-27)28-19-17-26(18-20-28)14-8-11-21-9-4-3-5-10-21;/h3-5,8-11H,2,6-7,12-20H2,1H3,(H,24,25);1H/b11-8+;. The molecular weight excluding hydrogens is 489 g/mol. The van der Waals surface area contributed by atoms with Crippen LogP contribution in [0.15, 0.2) is 41.4 Å². The van der Waals surface area contributed by atoms with Crippen molar-refractivity contribution in [3.8, 4) is 0 Å². The maximum absolute atomic E-state index is 12.2. The molecule has 1 amide bonds. The van der Waals surface area contributed by atoms with E-state index in [-0.39, 0.29) is 29.9 Å². The fourth-order valence-electron chi connectivity index (χ4n) is 3.85. The number of benzene rings is 1.